The number of Topliss-reactive ketones (excluding diaryl/α,β-unsaturated/α-hetero) is 1. The molecule has 33 heavy (non-hydrogen) atoms. The van der Waals surface area contributed by atoms with Crippen LogP contribution in [0.2, 0.25) is 0 Å². The lowest BCUT2D eigenvalue weighted by molar-refractivity contribution is -0.139. The first-order valence-corrected chi connectivity index (χ1v) is 10.9. The van der Waals surface area contributed by atoms with Crippen molar-refractivity contribution in [3.8, 4) is 0 Å². The van der Waals surface area contributed by atoms with Crippen LogP contribution in [0.15, 0.2) is 30.1 Å². The number of likely N-dealkylation sites (tertiary alicyclic amines) is 1. The number of hydrogen-bond acceptors (Lipinski definition) is 7. The van der Waals surface area contributed by atoms with Crippen molar-refractivity contribution in [1.29, 1.82) is 0 Å². The molecule has 3 heterocycles. The second-order valence-corrected chi connectivity index (χ2v) is 8.28. The van der Waals surface area contributed by atoms with Crippen LogP contribution in [0.25, 0.3) is 5.76 Å². The molecule has 0 saturated carbocycles. The molecule has 176 valence electrons. The number of amides is 1. The van der Waals surface area contributed by atoms with E-state index in [2.05, 4.69) is 9.97 Å². The van der Waals surface area contributed by atoms with Gasteiger partial charge in [-0.25, -0.2) is 4.79 Å². The van der Waals surface area contributed by atoms with E-state index in [4.69, 9.17) is 4.74 Å². The van der Waals surface area contributed by atoms with Gasteiger partial charge in [0, 0.05) is 30.2 Å². The number of ether oxygens (including phenoxy) is 1. The van der Waals surface area contributed by atoms with Gasteiger partial charge in [-0.3, -0.25) is 14.6 Å². The van der Waals surface area contributed by atoms with E-state index >= 15 is 0 Å². The average Bonchev–Trinajstić information content (AvgIpc) is 3.21. The number of ketones is 1. The molecule has 2 N–H and O–H groups in total. The first-order valence-electron chi connectivity index (χ1n) is 10.9. The first kappa shape index (κ1) is 24.2. The fourth-order valence-electron chi connectivity index (χ4n) is 4.20. The van der Waals surface area contributed by atoms with Crippen molar-refractivity contribution in [3.63, 3.8) is 0 Å². The Morgan fingerprint density at radius 3 is 2.64 bits per heavy atom. The number of hydrogen-bond donors (Lipinski definition) is 2. The van der Waals surface area contributed by atoms with E-state index < -0.39 is 23.7 Å². The number of aliphatic hydroxyl groups excluding tert-OH is 1. The quantitative estimate of drug-likeness (QED) is 0.273. The van der Waals surface area contributed by atoms with E-state index in [1.807, 2.05) is 19.0 Å². The molecule has 1 atom stereocenters. The second kappa shape index (κ2) is 9.99. The number of nitrogens with one attached hydrogen (secondary N) is 1. The van der Waals surface area contributed by atoms with Gasteiger partial charge in [0.2, 0.25) is 0 Å². The summed E-state index contributed by atoms with van der Waals surface area (Å²) >= 11 is 0. The SMILES string of the molecule is CCOC(=O)c1[nH]c(C)c(C(O)=C2C(=O)C(=O)N(CCCN(C)C)[C@H]2c2cccnc2)c1C. The maximum absolute atomic E-state index is 13.1. The molecule has 0 spiro atoms. The predicted molar refractivity (Wildman–Crippen MR) is 123 cm³/mol. The summed E-state index contributed by atoms with van der Waals surface area (Å²) in [5, 5.41) is 11.3. The number of carbonyl (C=O) groups is 3. The monoisotopic (exact) mass is 454 g/mol. The van der Waals surface area contributed by atoms with Crippen molar-refractivity contribution in [3.05, 3.63) is 58.2 Å². The normalized spacial score (nSPS) is 17.8. The highest BCUT2D eigenvalue weighted by molar-refractivity contribution is 6.46. The van der Waals surface area contributed by atoms with Crippen LogP contribution < -0.4 is 0 Å². The van der Waals surface area contributed by atoms with Gasteiger partial charge in [-0.05, 0) is 65.0 Å². The molecule has 9 heteroatoms. The highest BCUT2D eigenvalue weighted by Gasteiger charge is 2.46. The molecule has 0 aliphatic carbocycles. The smallest absolute Gasteiger partial charge is 0.355 e. The van der Waals surface area contributed by atoms with Crippen molar-refractivity contribution in [2.45, 2.75) is 33.2 Å². The minimum absolute atomic E-state index is 0.0153. The van der Waals surface area contributed by atoms with Crippen LogP contribution in [0.5, 0.6) is 0 Å². The van der Waals surface area contributed by atoms with E-state index in [9.17, 15) is 19.5 Å². The Labute approximate surface area is 193 Å². The molecule has 0 bridgehead atoms. The summed E-state index contributed by atoms with van der Waals surface area (Å²) in [5.41, 5.74) is 2.08. The van der Waals surface area contributed by atoms with Crippen molar-refractivity contribution < 1.29 is 24.2 Å². The molecule has 1 aliphatic heterocycles. The summed E-state index contributed by atoms with van der Waals surface area (Å²) in [6.07, 6.45) is 3.85. The molecule has 2 aromatic rings. The number of esters is 1. The Balaban J connectivity index is 2.13. The van der Waals surface area contributed by atoms with Crippen LogP contribution in [0, 0.1) is 13.8 Å². The molecular formula is C24H30N4O5. The lowest BCUT2D eigenvalue weighted by atomic mass is 9.95. The molecule has 1 amide bonds. The molecule has 9 nitrogen and oxygen atoms in total. The lowest BCUT2D eigenvalue weighted by Crippen LogP contribution is -2.32. The Morgan fingerprint density at radius 1 is 1.30 bits per heavy atom. The lowest BCUT2D eigenvalue weighted by Gasteiger charge is -2.25. The van der Waals surface area contributed by atoms with Gasteiger partial charge in [0.15, 0.2) is 0 Å². The number of rotatable bonds is 8. The molecule has 1 aliphatic rings. The summed E-state index contributed by atoms with van der Waals surface area (Å²) in [7, 11) is 3.87. The van der Waals surface area contributed by atoms with Gasteiger partial charge < -0.3 is 24.6 Å². The molecule has 1 saturated heterocycles. The van der Waals surface area contributed by atoms with Crippen LogP contribution in [0.3, 0.4) is 0 Å². The van der Waals surface area contributed by atoms with E-state index in [0.29, 0.717) is 35.3 Å². The average molecular weight is 455 g/mol. The van der Waals surface area contributed by atoms with Crippen LogP contribution in [0.4, 0.5) is 0 Å². The molecule has 0 radical (unpaired) electrons. The molecule has 0 unspecified atom stereocenters. The van der Waals surface area contributed by atoms with Crippen LogP contribution in [-0.4, -0.2) is 76.3 Å². The molecule has 2 aromatic heterocycles. The number of aromatic amines is 1. The molecular weight excluding hydrogens is 424 g/mol. The molecule has 0 aromatic carbocycles. The number of aliphatic hydroxyl groups is 1. The molecule has 3 rings (SSSR count). The van der Waals surface area contributed by atoms with Crippen LogP contribution in [0.1, 0.15) is 52.3 Å². The van der Waals surface area contributed by atoms with Crippen molar-refractivity contribution in [2.75, 3.05) is 33.8 Å². The third-order valence-corrected chi connectivity index (χ3v) is 5.70. The summed E-state index contributed by atoms with van der Waals surface area (Å²) in [5.74, 6) is -2.30. The zero-order valence-electron chi connectivity index (χ0n) is 19.6. The van der Waals surface area contributed by atoms with Crippen molar-refractivity contribution in [2.24, 2.45) is 0 Å². The van der Waals surface area contributed by atoms with Gasteiger partial charge >= 0.3 is 5.97 Å². The number of carbonyl (C=O) groups excluding carboxylic acids is 3. The minimum atomic E-state index is -0.777. The third-order valence-electron chi connectivity index (χ3n) is 5.70. The van der Waals surface area contributed by atoms with Crippen LogP contribution in [-0.2, 0) is 14.3 Å². The second-order valence-electron chi connectivity index (χ2n) is 8.28. The third kappa shape index (κ3) is 4.68. The van der Waals surface area contributed by atoms with Gasteiger partial charge in [0.1, 0.15) is 11.5 Å². The Hall–Kier alpha value is -3.46. The zero-order valence-corrected chi connectivity index (χ0v) is 19.6. The van der Waals surface area contributed by atoms with Gasteiger partial charge in [0.25, 0.3) is 11.7 Å². The number of aryl methyl sites for hydroxylation is 1. The largest absolute Gasteiger partial charge is 0.507 e. The number of aromatic nitrogens is 2. The summed E-state index contributed by atoms with van der Waals surface area (Å²) in [6, 6.07) is 2.72. The van der Waals surface area contributed by atoms with Gasteiger partial charge in [-0.15, -0.1) is 0 Å². The maximum Gasteiger partial charge on any atom is 0.355 e. The van der Waals surface area contributed by atoms with Crippen molar-refractivity contribution in [1.82, 2.24) is 19.8 Å². The topological polar surface area (TPSA) is 116 Å². The van der Waals surface area contributed by atoms with E-state index in [0.717, 1.165) is 6.54 Å². The first-order chi connectivity index (χ1) is 15.7. The number of pyridine rings is 1. The summed E-state index contributed by atoms with van der Waals surface area (Å²) in [6.45, 7) is 6.35. The number of H-pyrrole nitrogens is 1. The Kier molecular flexibility index (Phi) is 7.33. The van der Waals surface area contributed by atoms with Gasteiger partial charge in [0.05, 0.1) is 18.2 Å². The van der Waals surface area contributed by atoms with Crippen LogP contribution >= 0.6 is 0 Å². The van der Waals surface area contributed by atoms with E-state index in [1.165, 1.54) is 4.90 Å². The predicted octanol–water partition coefficient (Wildman–Crippen LogP) is 2.58. The Bertz CT molecular complexity index is 1090. The maximum atomic E-state index is 13.1. The van der Waals surface area contributed by atoms with E-state index in [-0.39, 0.29) is 23.6 Å². The summed E-state index contributed by atoms with van der Waals surface area (Å²) in [4.78, 5) is 49.0. The zero-order chi connectivity index (χ0) is 24.3. The summed E-state index contributed by atoms with van der Waals surface area (Å²) < 4.78 is 5.08. The standard InChI is InChI=1S/C24H30N4O5/c1-6-33-24(32)19-14(2)17(15(3)26-19)21(29)18-20(16-9-7-10-25-13-16)28(23(31)22(18)30)12-8-11-27(4)5/h7,9-10,13,20,26,29H,6,8,11-12H2,1-5H3/t20-/m0/s1. The van der Waals surface area contributed by atoms with E-state index in [1.54, 1.807) is 45.3 Å². The fraction of sp³-hybridized carbons (Fsp3) is 0.417. The van der Waals surface area contributed by atoms with Gasteiger partial charge in [-0.2, -0.15) is 0 Å². The minimum Gasteiger partial charge on any atom is -0.507 e. The Morgan fingerprint density at radius 2 is 2.03 bits per heavy atom. The fourth-order valence-corrected chi connectivity index (χ4v) is 4.20. The molecule has 1 fully saturated rings. The highest BCUT2D eigenvalue weighted by Crippen LogP contribution is 2.40. The number of nitrogens with zero attached hydrogens (tertiary/aromatic N) is 3. The van der Waals surface area contributed by atoms with Crippen molar-refractivity contribution >= 4 is 23.4 Å². The highest BCUT2D eigenvalue weighted by atomic mass is 16.5. The van der Waals surface area contributed by atoms with Gasteiger partial charge in [-0.1, -0.05) is 6.07 Å².